The highest BCUT2D eigenvalue weighted by Gasteiger charge is 2.64. The summed E-state index contributed by atoms with van der Waals surface area (Å²) in [6.07, 6.45) is -1.13. The van der Waals surface area contributed by atoms with Gasteiger partial charge in [-0.25, -0.2) is 0 Å². The maximum absolute atomic E-state index is 9.12. The van der Waals surface area contributed by atoms with E-state index in [0.717, 1.165) is 70.8 Å². The molecule has 0 N–H and O–H groups in total. The standard InChI is InChI=1S/C30H26BNO3.C24H14BrNO.C12H24B2O4.B5.B4/c1-29(2)30(3,4)35-31(34-29)19-13-15-20(16-14-19)32-25-11-7-5-9-21(25)23-17-18-24-22-10-6-8-12-26(22)33-28(24)27(23)32;25-15-9-11-16(12-10-15)26-21-7-3-1-5-17(21)19-13-14-20-18-6-2-4-8-22(18)27-24(20)23(19)26;1-9(2)10(3,4)16-13(15-9)14-17-11(5,6)12(7,8)18-14;1-4-5(2)3;1-4(2)3/h5-18H,1-4H3;1-14H;1-8H3;;/i13D,14D,15D,16D;9D,10D,11D,12D;;;. The highest BCUT2D eigenvalue weighted by Crippen LogP contribution is 2.45. The molecule has 0 saturated carbocycles. The van der Waals surface area contributed by atoms with Gasteiger partial charge in [-0.1, -0.05) is 113 Å². The first-order valence-electron chi connectivity index (χ1n) is 33.3. The first kappa shape index (κ1) is 54.7. The molecule has 89 heavy (non-hydrogen) atoms. The van der Waals surface area contributed by atoms with Gasteiger partial charge in [-0.2, -0.15) is 0 Å². The lowest BCUT2D eigenvalue weighted by atomic mass is 8.97. The second kappa shape index (κ2) is 24.5. The number of hydrogen-bond donors (Lipinski definition) is 0. The maximum Gasteiger partial charge on any atom is 0.494 e. The topological polar surface area (TPSA) is 91.5 Å². The summed E-state index contributed by atoms with van der Waals surface area (Å²) in [7, 11) is 27.8. The molecule has 0 atom stereocenters. The number of para-hydroxylation sites is 4. The number of nitrogens with zero attached hydrogens (tertiary/aromatic N) is 2. The highest BCUT2D eigenvalue weighted by molar-refractivity contribution is 9.10. The van der Waals surface area contributed by atoms with E-state index in [1.807, 2.05) is 214 Å². The molecule has 12 aromatic rings. The van der Waals surface area contributed by atoms with Crippen LogP contribution in [-0.4, -0.2) is 130 Å². The van der Waals surface area contributed by atoms with Gasteiger partial charge in [0.1, 0.15) is 11.2 Å². The second-order valence-electron chi connectivity index (χ2n) is 25.2. The molecule has 3 fully saturated rings. The number of benzene rings is 8. The van der Waals surface area contributed by atoms with Crippen LogP contribution >= 0.6 is 15.9 Å². The third-order valence-electron chi connectivity index (χ3n) is 17.5. The van der Waals surface area contributed by atoms with E-state index in [-0.39, 0.29) is 92.1 Å². The molecule has 8 aromatic carbocycles. The van der Waals surface area contributed by atoms with Crippen molar-refractivity contribution in [2.24, 2.45) is 0 Å². The van der Waals surface area contributed by atoms with Gasteiger partial charge < -0.3 is 45.9 Å². The molecule has 15 rings (SSSR count). The molecule has 13 radical (unpaired) electrons. The minimum absolute atomic E-state index is 0.0991. The van der Waals surface area contributed by atoms with Crippen LogP contribution in [0.3, 0.4) is 0 Å². The predicted molar refractivity (Wildman–Crippen MR) is 383 cm³/mol. The van der Waals surface area contributed by atoms with Gasteiger partial charge in [0.25, 0.3) is 0 Å². The molecular formula is C66H64B12BrN2O8. The second-order valence-corrected chi connectivity index (χ2v) is 26.0. The van der Waals surface area contributed by atoms with E-state index >= 15 is 0 Å². The first-order chi connectivity index (χ1) is 45.4. The summed E-state index contributed by atoms with van der Waals surface area (Å²) in [5.41, 5.74) is 3.47. The Morgan fingerprint density at radius 1 is 0.416 bits per heavy atom. The van der Waals surface area contributed by atoms with Crippen LogP contribution in [0.25, 0.3) is 98.9 Å². The van der Waals surface area contributed by atoms with Gasteiger partial charge in [0.15, 0.2) is 11.2 Å². The summed E-state index contributed by atoms with van der Waals surface area (Å²) in [5, 5.41) is 7.56. The molecule has 23 heteroatoms. The number of halogens is 1. The zero-order valence-corrected chi connectivity index (χ0v) is 53.6. The minimum atomic E-state index is -1.02. The molecule has 0 aliphatic carbocycles. The molecule has 7 heterocycles. The average Bonchev–Trinajstić information content (AvgIpc) is 1.57. The molecule has 0 spiro atoms. The Morgan fingerprint density at radius 2 is 0.719 bits per heavy atom. The molecule has 4 aromatic heterocycles. The van der Waals surface area contributed by atoms with Crippen molar-refractivity contribution in [3.05, 3.63) is 174 Å². The summed E-state index contributed by atoms with van der Waals surface area (Å²) >= 11 is 3.20. The van der Waals surface area contributed by atoms with Gasteiger partial charge in [0.2, 0.25) is 0 Å². The smallest absolute Gasteiger partial charge is 0.454 e. The quantitative estimate of drug-likeness (QED) is 0.157. The molecule has 3 saturated heterocycles. The Kier molecular flexibility index (Phi) is 15.1. The molecule has 0 amide bonds. The van der Waals surface area contributed by atoms with E-state index in [1.165, 1.54) is 7.06 Å². The van der Waals surface area contributed by atoms with Crippen molar-refractivity contribution in [3.63, 3.8) is 0 Å². The number of aromatic nitrogens is 2. The van der Waals surface area contributed by atoms with E-state index < -0.39 is 45.1 Å². The Bertz CT molecular complexity index is 4920. The zero-order chi connectivity index (χ0) is 70.7. The van der Waals surface area contributed by atoms with Crippen molar-refractivity contribution in [1.82, 2.24) is 9.13 Å². The highest BCUT2D eigenvalue weighted by atomic mass is 79.9. The number of rotatable bonds is 5. The Labute approximate surface area is 552 Å². The van der Waals surface area contributed by atoms with E-state index in [0.29, 0.717) is 16.7 Å². The van der Waals surface area contributed by atoms with Gasteiger partial charge in [0.05, 0.1) is 66.6 Å². The fourth-order valence-electron chi connectivity index (χ4n) is 10.8. The first-order valence-corrected chi connectivity index (χ1v) is 30.1. The van der Waals surface area contributed by atoms with Crippen molar-refractivity contribution in [3.8, 4) is 11.4 Å². The van der Waals surface area contributed by atoms with Crippen molar-refractivity contribution < 1.29 is 47.7 Å². The van der Waals surface area contributed by atoms with Crippen LogP contribution in [0.1, 0.15) is 94.1 Å². The summed E-state index contributed by atoms with van der Waals surface area (Å²) < 4.78 is 123. The van der Waals surface area contributed by atoms with Crippen molar-refractivity contribution in [2.45, 2.75) is 117 Å². The average molecular weight is 1230 g/mol. The number of hydrogen-bond acceptors (Lipinski definition) is 8. The summed E-state index contributed by atoms with van der Waals surface area (Å²) in [5.74, 6) is 0. The normalized spacial score (nSPS) is 18.8. The Hall–Kier alpha value is -6.02. The van der Waals surface area contributed by atoms with E-state index in [4.69, 9.17) is 70.9 Å². The fourth-order valence-corrected chi connectivity index (χ4v) is 11.0. The van der Waals surface area contributed by atoms with Crippen LogP contribution in [0.4, 0.5) is 0 Å². The third kappa shape index (κ3) is 12.2. The lowest BCUT2D eigenvalue weighted by molar-refractivity contribution is 0.00578. The summed E-state index contributed by atoms with van der Waals surface area (Å²) in [6.45, 7) is 23.8. The molecule has 3 aliphatic heterocycles. The Balaban J connectivity index is 0.000000146. The van der Waals surface area contributed by atoms with E-state index in [1.54, 1.807) is 0 Å². The number of furan rings is 2. The van der Waals surface area contributed by atoms with E-state index in [2.05, 4.69) is 39.1 Å². The van der Waals surface area contributed by atoms with Gasteiger partial charge in [0, 0.05) is 125 Å². The fraction of sp³-hybridized carbons (Fsp3) is 0.273. The molecule has 3 aliphatic rings. The van der Waals surface area contributed by atoms with Crippen LogP contribution in [0.15, 0.2) is 183 Å². The SMILES string of the molecule is CC1(C)OB(B2OC(C)(C)C(C)(C)O2)OC1(C)C.[2H]c1c([2H])c(-n2c3ccccc3c3ccc4c5ccccc5oc4c32)c([2H])c([2H])c1B1OC(C)(C)C(C)(C)O1.[2H]c1c([2H])c(-n2c3ccccc3c3ccc4c5ccccc5oc4c32)c([2H])c([2H])c1Br.[B]B([B])[B].[B][B]B([B])[B]. The van der Waals surface area contributed by atoms with Crippen molar-refractivity contribution in [1.29, 1.82) is 0 Å². The maximum atomic E-state index is 9.12. The van der Waals surface area contributed by atoms with Gasteiger partial charge >= 0.3 is 21.1 Å². The lowest BCUT2D eigenvalue weighted by Gasteiger charge is -2.32. The molecule has 429 valence electrons. The summed E-state index contributed by atoms with van der Waals surface area (Å²) in [6, 6.07) is 38.2. The van der Waals surface area contributed by atoms with Crippen molar-refractivity contribution >= 4 is 196 Å². The molecule has 0 unspecified atom stereocenters. The third-order valence-corrected chi connectivity index (χ3v) is 17.9. The van der Waals surface area contributed by atoms with E-state index in [9.17, 15) is 0 Å². The van der Waals surface area contributed by atoms with Crippen molar-refractivity contribution in [2.75, 3.05) is 0 Å². The van der Waals surface area contributed by atoms with Gasteiger partial charge in [-0.05, 0) is 161 Å². The van der Waals surface area contributed by atoms with Crippen LogP contribution in [-0.2, 0) is 27.9 Å². The number of fused-ring (bicyclic) bond motifs is 14. The lowest BCUT2D eigenvalue weighted by Crippen LogP contribution is -2.41. The predicted octanol–water partition coefficient (Wildman–Crippen LogP) is 13.2. The van der Waals surface area contributed by atoms with Crippen LogP contribution in [0.5, 0.6) is 0 Å². The molecule has 10 nitrogen and oxygen atoms in total. The van der Waals surface area contributed by atoms with Crippen LogP contribution < -0.4 is 5.46 Å². The largest absolute Gasteiger partial charge is 0.494 e. The van der Waals surface area contributed by atoms with Gasteiger partial charge in [-0.15, -0.1) is 0 Å². The Morgan fingerprint density at radius 3 is 1.08 bits per heavy atom. The molecular weight excluding hydrogens is 1160 g/mol. The zero-order valence-electron chi connectivity index (χ0n) is 60.0. The monoisotopic (exact) mass is 1230 g/mol. The summed E-state index contributed by atoms with van der Waals surface area (Å²) in [4.78, 5) is 0. The van der Waals surface area contributed by atoms with Crippen LogP contribution in [0.2, 0.25) is 0 Å². The minimum Gasteiger partial charge on any atom is -0.454 e. The van der Waals surface area contributed by atoms with Gasteiger partial charge in [-0.3, -0.25) is 0 Å². The van der Waals surface area contributed by atoms with Crippen LogP contribution in [0, 0.1) is 0 Å². The molecule has 0 bridgehead atoms.